The lowest BCUT2D eigenvalue weighted by Crippen LogP contribution is -2.21. The molecule has 0 saturated carbocycles. The van der Waals surface area contributed by atoms with Crippen molar-refractivity contribution in [3.63, 3.8) is 0 Å². The monoisotopic (exact) mass is 183 g/mol. The fourth-order valence-electron chi connectivity index (χ4n) is 0.911. The van der Waals surface area contributed by atoms with Gasteiger partial charge < -0.3 is 14.8 Å². The lowest BCUT2D eigenvalue weighted by Gasteiger charge is -2.09. The minimum Gasteiger partial charge on any atom is -0.460 e. The first-order chi connectivity index (χ1) is 6.34. The molecule has 0 spiro atoms. The zero-order chi connectivity index (χ0) is 9.52. The molecule has 0 radical (unpaired) electrons. The molecule has 0 atom stereocenters. The van der Waals surface area contributed by atoms with Crippen molar-refractivity contribution in [3.8, 4) is 0 Å². The van der Waals surface area contributed by atoms with Gasteiger partial charge in [0.15, 0.2) is 0 Å². The van der Waals surface area contributed by atoms with Crippen LogP contribution in [0.2, 0.25) is 0 Å². The minimum atomic E-state index is -0.283. The molecule has 1 heterocycles. The second-order valence-corrected chi connectivity index (χ2v) is 2.56. The molecule has 4 nitrogen and oxygen atoms in total. The zero-order valence-corrected chi connectivity index (χ0v) is 7.58. The molecule has 72 valence electrons. The minimum absolute atomic E-state index is 0.283. The highest BCUT2D eigenvalue weighted by Crippen LogP contribution is 2.00. The number of hydrogen-bond donors (Lipinski definition) is 1. The van der Waals surface area contributed by atoms with E-state index in [4.69, 9.17) is 9.47 Å². The molecule has 0 amide bonds. The molecule has 1 aliphatic rings. The van der Waals surface area contributed by atoms with E-state index in [9.17, 15) is 4.79 Å². The van der Waals surface area contributed by atoms with E-state index < -0.39 is 0 Å². The summed E-state index contributed by atoms with van der Waals surface area (Å²) >= 11 is 0. The predicted molar refractivity (Wildman–Crippen MR) is 48.1 cm³/mol. The number of carbonyl (C=O) groups excluding carboxylic acids is 1. The third kappa shape index (κ3) is 3.29. The van der Waals surface area contributed by atoms with Crippen LogP contribution >= 0.6 is 0 Å². The smallest absolute Gasteiger partial charge is 0.335 e. The van der Waals surface area contributed by atoms with E-state index in [0.29, 0.717) is 25.3 Å². The first kappa shape index (κ1) is 9.80. The van der Waals surface area contributed by atoms with Gasteiger partial charge >= 0.3 is 5.97 Å². The normalized spacial score (nSPS) is 14.7. The van der Waals surface area contributed by atoms with Gasteiger partial charge in [0, 0.05) is 13.7 Å². The third-order valence-electron chi connectivity index (χ3n) is 1.59. The van der Waals surface area contributed by atoms with Gasteiger partial charge in [-0.3, -0.25) is 0 Å². The highest BCUT2D eigenvalue weighted by molar-refractivity contribution is 5.89. The maximum atomic E-state index is 11.3. The number of dihydropyridines is 1. The van der Waals surface area contributed by atoms with E-state index in [0.717, 1.165) is 0 Å². The predicted octanol–water partition coefficient (Wildman–Crippen LogP) is 0.219. The van der Waals surface area contributed by atoms with E-state index in [2.05, 4.69) is 5.32 Å². The molecule has 0 aromatic carbocycles. The van der Waals surface area contributed by atoms with Gasteiger partial charge in [-0.1, -0.05) is 0 Å². The summed E-state index contributed by atoms with van der Waals surface area (Å²) in [6.07, 6.45) is 5.30. The summed E-state index contributed by atoms with van der Waals surface area (Å²) in [5, 5.41) is 2.93. The molecule has 1 rings (SSSR count). The highest BCUT2D eigenvalue weighted by Gasteiger charge is 2.10. The maximum Gasteiger partial charge on any atom is 0.335 e. The molecule has 0 aliphatic carbocycles. The Balaban J connectivity index is 2.30. The lowest BCUT2D eigenvalue weighted by atomic mass is 10.2. The lowest BCUT2D eigenvalue weighted by molar-refractivity contribution is -0.140. The van der Waals surface area contributed by atoms with E-state index in [1.54, 1.807) is 25.5 Å². The van der Waals surface area contributed by atoms with Gasteiger partial charge in [-0.05, 0) is 18.4 Å². The van der Waals surface area contributed by atoms with Gasteiger partial charge in [-0.15, -0.1) is 0 Å². The SMILES string of the molecule is COCCOC(=O)C1=CC=CNC1. The Labute approximate surface area is 77.2 Å². The van der Waals surface area contributed by atoms with Crippen molar-refractivity contribution in [3.05, 3.63) is 23.9 Å². The molecule has 1 N–H and O–H groups in total. The van der Waals surface area contributed by atoms with Crippen LogP contribution in [0.15, 0.2) is 23.9 Å². The van der Waals surface area contributed by atoms with Crippen LogP contribution in [-0.2, 0) is 14.3 Å². The number of nitrogens with one attached hydrogen (secondary N) is 1. The molecule has 0 aromatic heterocycles. The summed E-state index contributed by atoms with van der Waals surface area (Å²) in [7, 11) is 1.57. The first-order valence-electron chi connectivity index (χ1n) is 4.09. The first-order valence-corrected chi connectivity index (χ1v) is 4.09. The van der Waals surface area contributed by atoms with Gasteiger partial charge in [0.1, 0.15) is 6.61 Å². The van der Waals surface area contributed by atoms with Gasteiger partial charge in [-0.2, -0.15) is 0 Å². The fourth-order valence-corrected chi connectivity index (χ4v) is 0.911. The van der Waals surface area contributed by atoms with Crippen LogP contribution in [0.1, 0.15) is 0 Å². The molecule has 0 saturated heterocycles. The zero-order valence-electron chi connectivity index (χ0n) is 7.58. The van der Waals surface area contributed by atoms with Crippen LogP contribution in [0.5, 0.6) is 0 Å². The molecule has 0 fully saturated rings. The Morgan fingerprint density at radius 3 is 3.08 bits per heavy atom. The van der Waals surface area contributed by atoms with Crippen LogP contribution in [-0.4, -0.2) is 32.8 Å². The molecule has 0 bridgehead atoms. The molecule has 13 heavy (non-hydrogen) atoms. The summed E-state index contributed by atoms with van der Waals surface area (Å²) in [5.41, 5.74) is 0.638. The van der Waals surface area contributed by atoms with Crippen molar-refractivity contribution in [2.75, 3.05) is 26.9 Å². The van der Waals surface area contributed by atoms with Crippen molar-refractivity contribution in [1.29, 1.82) is 0 Å². The van der Waals surface area contributed by atoms with Gasteiger partial charge in [-0.25, -0.2) is 4.79 Å². The number of hydrogen-bond acceptors (Lipinski definition) is 4. The van der Waals surface area contributed by atoms with Crippen molar-refractivity contribution in [2.24, 2.45) is 0 Å². The highest BCUT2D eigenvalue weighted by atomic mass is 16.6. The Kier molecular flexibility index (Phi) is 4.05. The molecule has 4 heteroatoms. The molecule has 0 aromatic rings. The topological polar surface area (TPSA) is 47.6 Å². The van der Waals surface area contributed by atoms with Crippen molar-refractivity contribution in [2.45, 2.75) is 0 Å². The summed E-state index contributed by atoms with van der Waals surface area (Å²) < 4.78 is 9.67. The average molecular weight is 183 g/mol. The average Bonchev–Trinajstić information content (AvgIpc) is 2.19. The quantitative estimate of drug-likeness (QED) is 0.500. The Morgan fingerprint density at radius 2 is 2.46 bits per heavy atom. The van der Waals surface area contributed by atoms with E-state index in [-0.39, 0.29) is 5.97 Å². The van der Waals surface area contributed by atoms with E-state index in [1.807, 2.05) is 0 Å². The number of rotatable bonds is 4. The summed E-state index contributed by atoms with van der Waals surface area (Å²) in [6.45, 7) is 1.26. The summed E-state index contributed by atoms with van der Waals surface area (Å²) in [6, 6.07) is 0. The van der Waals surface area contributed by atoms with Crippen LogP contribution in [0, 0.1) is 0 Å². The third-order valence-corrected chi connectivity index (χ3v) is 1.59. The number of esters is 1. The number of allylic oxidation sites excluding steroid dienone is 2. The Morgan fingerprint density at radius 1 is 1.62 bits per heavy atom. The van der Waals surface area contributed by atoms with Crippen LogP contribution in [0.3, 0.4) is 0 Å². The molecular formula is C9H13NO3. The van der Waals surface area contributed by atoms with Gasteiger partial charge in [0.05, 0.1) is 12.2 Å². The van der Waals surface area contributed by atoms with Crippen LogP contribution in [0.4, 0.5) is 0 Å². The molecule has 1 aliphatic heterocycles. The summed E-state index contributed by atoms with van der Waals surface area (Å²) in [5.74, 6) is -0.283. The molecular weight excluding hydrogens is 170 g/mol. The maximum absolute atomic E-state index is 11.3. The fraction of sp³-hybridized carbons (Fsp3) is 0.444. The number of methoxy groups -OCH3 is 1. The number of ether oxygens (including phenoxy) is 2. The van der Waals surface area contributed by atoms with Crippen LogP contribution in [0.25, 0.3) is 0 Å². The largest absolute Gasteiger partial charge is 0.460 e. The second kappa shape index (κ2) is 5.37. The number of carbonyl (C=O) groups is 1. The van der Waals surface area contributed by atoms with Gasteiger partial charge in [0.25, 0.3) is 0 Å². The van der Waals surface area contributed by atoms with Crippen LogP contribution < -0.4 is 5.32 Å². The van der Waals surface area contributed by atoms with E-state index >= 15 is 0 Å². The van der Waals surface area contributed by atoms with Crippen molar-refractivity contribution in [1.82, 2.24) is 5.32 Å². The summed E-state index contributed by atoms with van der Waals surface area (Å²) in [4.78, 5) is 11.3. The van der Waals surface area contributed by atoms with Crippen molar-refractivity contribution < 1.29 is 14.3 Å². The van der Waals surface area contributed by atoms with Crippen molar-refractivity contribution >= 4 is 5.97 Å². The van der Waals surface area contributed by atoms with Gasteiger partial charge in [0.2, 0.25) is 0 Å². The molecule has 0 unspecified atom stereocenters. The standard InChI is InChI=1S/C9H13NO3/c1-12-5-6-13-9(11)8-3-2-4-10-7-8/h2-4,10H,5-7H2,1H3. The Bertz CT molecular complexity index is 233. The second-order valence-electron chi connectivity index (χ2n) is 2.56. The Hall–Kier alpha value is -1.29. The van der Waals surface area contributed by atoms with E-state index in [1.165, 1.54) is 0 Å².